The Morgan fingerprint density at radius 2 is 1.33 bits per heavy atom. The van der Waals surface area contributed by atoms with Crippen molar-refractivity contribution in [3.63, 3.8) is 0 Å². The Labute approximate surface area is 145 Å². The van der Waals surface area contributed by atoms with Crippen LogP contribution in [0.15, 0.2) is 36.4 Å². The summed E-state index contributed by atoms with van der Waals surface area (Å²) in [6.07, 6.45) is 0. The first-order valence-corrected chi connectivity index (χ1v) is 7.73. The molecule has 2 rings (SSSR count). The lowest BCUT2D eigenvalue weighted by molar-refractivity contribution is 0.900. The van der Waals surface area contributed by atoms with Crippen LogP contribution in [-0.2, 0) is 0 Å². The van der Waals surface area contributed by atoms with Crippen LogP contribution in [0.2, 0.25) is 20.1 Å². The van der Waals surface area contributed by atoms with Crippen LogP contribution in [0.25, 0.3) is 0 Å². The van der Waals surface area contributed by atoms with E-state index in [1.165, 1.54) is 0 Å². The molecule has 0 saturated heterocycles. The number of halogens is 4. The normalized spacial score (nSPS) is 10.0. The van der Waals surface area contributed by atoms with Crippen LogP contribution in [0.1, 0.15) is 13.8 Å². The number of nitrogen functional groups attached to an aromatic ring is 1. The molecule has 0 spiro atoms. The molecule has 2 aromatic carbocycles. The van der Waals surface area contributed by atoms with E-state index in [0.29, 0.717) is 31.8 Å². The van der Waals surface area contributed by atoms with E-state index in [2.05, 4.69) is 19.2 Å². The van der Waals surface area contributed by atoms with Gasteiger partial charge in [-0.25, -0.2) is 0 Å². The summed E-state index contributed by atoms with van der Waals surface area (Å²) < 4.78 is 0. The number of benzene rings is 2. The van der Waals surface area contributed by atoms with E-state index in [4.69, 9.17) is 52.1 Å². The molecular formula is C15H16Cl4N2. The molecule has 3 N–H and O–H groups in total. The summed E-state index contributed by atoms with van der Waals surface area (Å²) in [6, 6.07) is 10.9. The molecule has 21 heavy (non-hydrogen) atoms. The lowest BCUT2D eigenvalue weighted by Crippen LogP contribution is -2.09. The molecule has 0 bridgehead atoms. The van der Waals surface area contributed by atoms with Crippen LogP contribution in [-0.4, -0.2) is 6.04 Å². The highest BCUT2D eigenvalue weighted by atomic mass is 35.5. The van der Waals surface area contributed by atoms with Gasteiger partial charge in [0.2, 0.25) is 0 Å². The molecule has 2 nitrogen and oxygen atoms in total. The SMILES string of the molecule is CC(C)Nc1ccc(Cl)c(Cl)c1.Nc1ccc(Cl)c(Cl)c1. The van der Waals surface area contributed by atoms with E-state index in [9.17, 15) is 0 Å². The lowest BCUT2D eigenvalue weighted by Gasteiger charge is -2.10. The van der Waals surface area contributed by atoms with Crippen molar-refractivity contribution in [1.82, 2.24) is 0 Å². The summed E-state index contributed by atoms with van der Waals surface area (Å²) in [4.78, 5) is 0. The van der Waals surface area contributed by atoms with Gasteiger partial charge in [-0.05, 0) is 50.2 Å². The Hall–Kier alpha value is -0.800. The summed E-state index contributed by atoms with van der Waals surface area (Å²) in [5.74, 6) is 0. The predicted octanol–water partition coefficient (Wildman–Crippen LogP) is 6.39. The zero-order valence-corrected chi connectivity index (χ0v) is 14.7. The first-order valence-electron chi connectivity index (χ1n) is 6.21. The van der Waals surface area contributed by atoms with Crippen molar-refractivity contribution in [3.05, 3.63) is 56.5 Å². The molecule has 0 aromatic heterocycles. The quantitative estimate of drug-likeness (QED) is 0.605. The highest BCUT2D eigenvalue weighted by Gasteiger charge is 1.99. The molecule has 0 saturated carbocycles. The monoisotopic (exact) mass is 364 g/mol. The fraction of sp³-hybridized carbons (Fsp3) is 0.200. The van der Waals surface area contributed by atoms with Crippen molar-refractivity contribution in [1.29, 1.82) is 0 Å². The fourth-order valence-electron chi connectivity index (χ4n) is 1.43. The molecule has 6 heteroatoms. The number of hydrogen-bond acceptors (Lipinski definition) is 2. The number of anilines is 2. The predicted molar refractivity (Wildman–Crippen MR) is 96.1 cm³/mol. The second-order valence-corrected chi connectivity index (χ2v) is 6.23. The van der Waals surface area contributed by atoms with E-state index in [-0.39, 0.29) is 0 Å². The van der Waals surface area contributed by atoms with E-state index in [1.807, 2.05) is 12.1 Å². The zero-order valence-electron chi connectivity index (χ0n) is 11.6. The summed E-state index contributed by atoms with van der Waals surface area (Å²) in [7, 11) is 0. The topological polar surface area (TPSA) is 38.0 Å². The van der Waals surface area contributed by atoms with Crippen molar-refractivity contribution >= 4 is 57.8 Å². The highest BCUT2D eigenvalue weighted by molar-refractivity contribution is 6.42. The summed E-state index contributed by atoms with van der Waals surface area (Å²) in [5, 5.41) is 5.43. The first-order chi connectivity index (χ1) is 9.79. The molecular weight excluding hydrogens is 350 g/mol. The Bertz CT molecular complexity index is 600. The number of rotatable bonds is 2. The van der Waals surface area contributed by atoms with Crippen LogP contribution in [0.3, 0.4) is 0 Å². The smallest absolute Gasteiger partial charge is 0.0612 e. The van der Waals surface area contributed by atoms with Gasteiger partial charge >= 0.3 is 0 Å². The molecule has 0 aliphatic rings. The Morgan fingerprint density at radius 1 is 0.810 bits per heavy atom. The Balaban J connectivity index is 0.000000219. The summed E-state index contributed by atoms with van der Waals surface area (Å²) >= 11 is 22.8. The molecule has 114 valence electrons. The molecule has 0 atom stereocenters. The molecule has 0 radical (unpaired) electrons. The molecule has 0 unspecified atom stereocenters. The molecule has 0 aliphatic carbocycles. The van der Waals surface area contributed by atoms with Gasteiger partial charge in [0.1, 0.15) is 0 Å². The minimum Gasteiger partial charge on any atom is -0.399 e. The third-order valence-electron chi connectivity index (χ3n) is 2.32. The molecule has 0 aliphatic heterocycles. The van der Waals surface area contributed by atoms with Crippen LogP contribution in [0.4, 0.5) is 11.4 Å². The van der Waals surface area contributed by atoms with Gasteiger partial charge in [-0.2, -0.15) is 0 Å². The average Bonchev–Trinajstić information content (AvgIpc) is 2.39. The maximum atomic E-state index is 5.83. The summed E-state index contributed by atoms with van der Waals surface area (Å²) in [6.45, 7) is 4.14. The second-order valence-electron chi connectivity index (χ2n) is 4.60. The van der Waals surface area contributed by atoms with Crippen molar-refractivity contribution in [2.24, 2.45) is 0 Å². The third-order valence-corrected chi connectivity index (χ3v) is 3.80. The number of hydrogen-bond donors (Lipinski definition) is 2. The van der Waals surface area contributed by atoms with Gasteiger partial charge in [-0.15, -0.1) is 0 Å². The maximum Gasteiger partial charge on any atom is 0.0612 e. The van der Waals surface area contributed by atoms with Gasteiger partial charge in [0.05, 0.1) is 20.1 Å². The molecule has 0 heterocycles. The van der Waals surface area contributed by atoms with E-state index < -0.39 is 0 Å². The maximum absolute atomic E-state index is 5.83. The van der Waals surface area contributed by atoms with Gasteiger partial charge in [0.25, 0.3) is 0 Å². The Kier molecular flexibility index (Phi) is 7.47. The van der Waals surface area contributed by atoms with Crippen molar-refractivity contribution in [3.8, 4) is 0 Å². The van der Waals surface area contributed by atoms with Gasteiger partial charge in [0, 0.05) is 17.4 Å². The number of nitrogens with two attached hydrogens (primary N) is 1. The summed E-state index contributed by atoms with van der Waals surface area (Å²) in [5.41, 5.74) is 7.01. The molecule has 2 aromatic rings. The number of nitrogens with one attached hydrogen (secondary N) is 1. The Morgan fingerprint density at radius 3 is 1.76 bits per heavy atom. The van der Waals surface area contributed by atoms with Gasteiger partial charge in [-0.3, -0.25) is 0 Å². The van der Waals surface area contributed by atoms with Crippen LogP contribution >= 0.6 is 46.4 Å². The second kappa shape index (κ2) is 8.60. The van der Waals surface area contributed by atoms with Gasteiger partial charge in [0.15, 0.2) is 0 Å². The third kappa shape index (κ3) is 6.66. The van der Waals surface area contributed by atoms with Gasteiger partial charge in [-0.1, -0.05) is 46.4 Å². The lowest BCUT2D eigenvalue weighted by atomic mass is 10.3. The van der Waals surface area contributed by atoms with Crippen LogP contribution < -0.4 is 11.1 Å². The van der Waals surface area contributed by atoms with Crippen LogP contribution in [0.5, 0.6) is 0 Å². The van der Waals surface area contributed by atoms with E-state index >= 15 is 0 Å². The zero-order chi connectivity index (χ0) is 16.0. The minimum absolute atomic E-state index is 0.405. The minimum atomic E-state index is 0.405. The van der Waals surface area contributed by atoms with Gasteiger partial charge < -0.3 is 11.1 Å². The van der Waals surface area contributed by atoms with E-state index in [0.717, 1.165) is 5.69 Å². The molecule has 0 fully saturated rings. The molecule has 0 amide bonds. The highest BCUT2D eigenvalue weighted by Crippen LogP contribution is 2.25. The van der Waals surface area contributed by atoms with Crippen molar-refractivity contribution < 1.29 is 0 Å². The van der Waals surface area contributed by atoms with Crippen molar-refractivity contribution in [2.45, 2.75) is 19.9 Å². The first kappa shape index (κ1) is 18.2. The van der Waals surface area contributed by atoms with E-state index in [1.54, 1.807) is 24.3 Å². The van der Waals surface area contributed by atoms with Crippen LogP contribution in [0, 0.1) is 0 Å². The standard InChI is InChI=1S/C9H11Cl2N.C6H5Cl2N/c1-6(2)12-7-3-4-8(10)9(11)5-7;7-5-2-1-4(9)3-6(5)8/h3-6,12H,1-2H3;1-3H,9H2. The fourth-order valence-corrected chi connectivity index (χ4v) is 2.04. The largest absolute Gasteiger partial charge is 0.399 e. The van der Waals surface area contributed by atoms with Crippen molar-refractivity contribution in [2.75, 3.05) is 11.1 Å². The average molecular weight is 366 g/mol.